The zero-order valence-electron chi connectivity index (χ0n) is 10.3. The van der Waals surface area contributed by atoms with E-state index in [-0.39, 0.29) is 24.2 Å². The average Bonchev–Trinajstić information content (AvgIpc) is 2.58. The molecule has 0 spiro atoms. The summed E-state index contributed by atoms with van der Waals surface area (Å²) in [5.41, 5.74) is 0. The number of halogens is 1. The summed E-state index contributed by atoms with van der Waals surface area (Å²) in [6.45, 7) is 8.44. The highest BCUT2D eigenvalue weighted by molar-refractivity contribution is 14.1. The van der Waals surface area contributed by atoms with E-state index in [0.29, 0.717) is 5.92 Å². The molecule has 1 rings (SSSR count). The zero-order chi connectivity index (χ0) is 12.3. The van der Waals surface area contributed by atoms with Gasteiger partial charge in [0.2, 0.25) is 0 Å². The molecule has 1 saturated heterocycles. The monoisotopic (exact) mass is 337 g/mol. The number of allylic oxidation sites excluding steroid dienone is 1. The summed E-state index contributed by atoms with van der Waals surface area (Å²) < 4.78 is 6.59. The highest BCUT2D eigenvalue weighted by Gasteiger charge is 2.39. The van der Waals surface area contributed by atoms with E-state index in [9.17, 15) is 4.79 Å². The van der Waals surface area contributed by atoms with E-state index in [1.54, 1.807) is 0 Å². The summed E-state index contributed by atoms with van der Waals surface area (Å²) in [6, 6.07) is 0.138. The van der Waals surface area contributed by atoms with Crippen LogP contribution in [-0.2, 0) is 4.74 Å². The molecule has 3 nitrogen and oxygen atoms in total. The number of carbonyl (C=O) groups excluding carboxylic acids is 1. The largest absolute Gasteiger partial charge is 0.443 e. The Bertz CT molecular complexity index is 287. The van der Waals surface area contributed by atoms with Crippen LogP contribution in [0.1, 0.15) is 34.1 Å². The van der Waals surface area contributed by atoms with Crippen LogP contribution in [0, 0.1) is 11.8 Å². The van der Waals surface area contributed by atoms with Crippen LogP contribution in [0.2, 0.25) is 0 Å². The number of hydrogen-bond acceptors (Lipinski definition) is 2. The van der Waals surface area contributed by atoms with Crippen LogP contribution in [0.5, 0.6) is 0 Å². The summed E-state index contributed by atoms with van der Waals surface area (Å²) in [5, 5.41) is 2.92. The fraction of sp³-hybridized carbons (Fsp3) is 0.750. The second-order valence-corrected chi connectivity index (χ2v) is 6.24. The van der Waals surface area contributed by atoms with Gasteiger partial charge in [-0.3, -0.25) is 0 Å². The maximum Gasteiger partial charge on any atom is 0.407 e. The third kappa shape index (κ3) is 3.37. The molecular formula is C12H20INO2. The second-order valence-electron chi connectivity index (χ2n) is 4.54. The van der Waals surface area contributed by atoms with Crippen molar-refractivity contribution >= 4 is 28.7 Å². The Kier molecular flexibility index (Phi) is 5.08. The van der Waals surface area contributed by atoms with Gasteiger partial charge in [0.25, 0.3) is 0 Å². The first kappa shape index (κ1) is 13.8. The van der Waals surface area contributed by atoms with Gasteiger partial charge >= 0.3 is 6.09 Å². The van der Waals surface area contributed by atoms with Crippen molar-refractivity contribution in [2.24, 2.45) is 11.8 Å². The lowest BCUT2D eigenvalue weighted by Crippen LogP contribution is -2.40. The topological polar surface area (TPSA) is 38.3 Å². The molecule has 1 fully saturated rings. The molecule has 0 unspecified atom stereocenters. The summed E-state index contributed by atoms with van der Waals surface area (Å²) in [4.78, 5) is 11.3. The van der Waals surface area contributed by atoms with Crippen LogP contribution in [-0.4, -0.2) is 18.2 Å². The van der Waals surface area contributed by atoms with Crippen molar-refractivity contribution in [2.45, 2.75) is 46.3 Å². The molecule has 0 aliphatic carbocycles. The molecule has 4 heteroatoms. The number of cyclic esters (lactones) is 1. The van der Waals surface area contributed by atoms with Crippen molar-refractivity contribution in [1.29, 1.82) is 0 Å². The van der Waals surface area contributed by atoms with Crippen molar-refractivity contribution in [3.8, 4) is 0 Å². The first-order valence-corrected chi connectivity index (χ1v) is 6.84. The first-order valence-electron chi connectivity index (χ1n) is 5.76. The van der Waals surface area contributed by atoms with E-state index in [0.717, 1.165) is 6.42 Å². The number of nitrogens with one attached hydrogen (secondary N) is 1. The molecule has 1 aliphatic heterocycles. The standard InChI is InChI=1S/C12H20INO2/c1-5-7(2)10-11(16-12(15)14-10)8(3)6-9(4)13/h6-8,10-11H,5H2,1-4H3,(H,14,15)/b9-6+/t7-,8-,10-,11-/m0/s1. The molecule has 0 aromatic heterocycles. The van der Waals surface area contributed by atoms with E-state index in [4.69, 9.17) is 4.74 Å². The maximum atomic E-state index is 11.3. The SMILES string of the molecule is CC[C@H](C)[C@@H]1NC(=O)O[C@H]1[C@@H](C)/C=C(\C)I. The van der Waals surface area contributed by atoms with Gasteiger partial charge in [0.15, 0.2) is 0 Å². The van der Waals surface area contributed by atoms with Crippen molar-refractivity contribution in [2.75, 3.05) is 0 Å². The van der Waals surface area contributed by atoms with Crippen molar-refractivity contribution in [3.05, 3.63) is 9.66 Å². The molecule has 1 heterocycles. The minimum Gasteiger partial charge on any atom is -0.443 e. The molecule has 1 N–H and O–H groups in total. The predicted octanol–water partition coefficient (Wildman–Crippen LogP) is 3.48. The fourth-order valence-corrected chi connectivity index (χ4v) is 2.63. The third-order valence-electron chi connectivity index (χ3n) is 3.15. The van der Waals surface area contributed by atoms with Gasteiger partial charge in [-0.2, -0.15) is 0 Å². The van der Waals surface area contributed by atoms with Crippen LogP contribution in [0.15, 0.2) is 9.66 Å². The van der Waals surface area contributed by atoms with Crippen LogP contribution < -0.4 is 5.32 Å². The lowest BCUT2D eigenvalue weighted by Gasteiger charge is -2.25. The number of ether oxygens (including phenoxy) is 1. The number of amides is 1. The summed E-state index contributed by atoms with van der Waals surface area (Å²) >= 11 is 2.28. The molecule has 92 valence electrons. The Morgan fingerprint density at radius 1 is 1.62 bits per heavy atom. The van der Waals surface area contributed by atoms with E-state index in [1.807, 2.05) is 0 Å². The van der Waals surface area contributed by atoms with Gasteiger partial charge in [-0.25, -0.2) is 4.79 Å². The Hall–Kier alpha value is -0.260. The van der Waals surface area contributed by atoms with E-state index in [2.05, 4.69) is 61.7 Å². The van der Waals surface area contributed by atoms with E-state index in [1.165, 1.54) is 3.58 Å². The van der Waals surface area contributed by atoms with Gasteiger partial charge < -0.3 is 10.1 Å². The molecule has 0 bridgehead atoms. The summed E-state index contributed by atoms with van der Waals surface area (Å²) in [6.07, 6.45) is 2.89. The van der Waals surface area contributed by atoms with Crippen molar-refractivity contribution < 1.29 is 9.53 Å². The summed E-state index contributed by atoms with van der Waals surface area (Å²) in [5.74, 6) is 0.705. The van der Waals surface area contributed by atoms with Gasteiger partial charge in [0.05, 0.1) is 6.04 Å². The lowest BCUT2D eigenvalue weighted by atomic mass is 9.88. The molecule has 0 aromatic carbocycles. The van der Waals surface area contributed by atoms with Gasteiger partial charge in [-0.05, 0) is 39.0 Å². The molecule has 0 aromatic rings. The first-order chi connectivity index (χ1) is 7.45. The quantitative estimate of drug-likeness (QED) is 0.798. The summed E-state index contributed by atoms with van der Waals surface area (Å²) in [7, 11) is 0. The third-order valence-corrected chi connectivity index (χ3v) is 3.51. The highest BCUT2D eigenvalue weighted by atomic mass is 127. The molecular weight excluding hydrogens is 317 g/mol. The molecule has 4 atom stereocenters. The number of carbonyl (C=O) groups is 1. The smallest absolute Gasteiger partial charge is 0.407 e. The van der Waals surface area contributed by atoms with Crippen molar-refractivity contribution in [3.63, 3.8) is 0 Å². The molecule has 0 radical (unpaired) electrons. The maximum absolute atomic E-state index is 11.3. The minimum atomic E-state index is -0.276. The minimum absolute atomic E-state index is 0.0350. The van der Waals surface area contributed by atoms with E-state index >= 15 is 0 Å². The Balaban J connectivity index is 2.76. The zero-order valence-corrected chi connectivity index (χ0v) is 12.4. The molecule has 1 amide bonds. The lowest BCUT2D eigenvalue weighted by molar-refractivity contribution is 0.100. The van der Waals surface area contributed by atoms with Crippen molar-refractivity contribution in [1.82, 2.24) is 5.32 Å². The predicted molar refractivity (Wildman–Crippen MR) is 73.6 cm³/mol. The van der Waals surface area contributed by atoms with Gasteiger partial charge in [-0.1, -0.05) is 33.3 Å². The van der Waals surface area contributed by atoms with Gasteiger partial charge in [-0.15, -0.1) is 0 Å². The Morgan fingerprint density at radius 3 is 2.75 bits per heavy atom. The van der Waals surface area contributed by atoms with E-state index < -0.39 is 0 Å². The molecule has 16 heavy (non-hydrogen) atoms. The average molecular weight is 337 g/mol. The molecule has 1 aliphatic rings. The van der Waals surface area contributed by atoms with Crippen LogP contribution in [0.4, 0.5) is 4.79 Å². The fourth-order valence-electron chi connectivity index (χ4n) is 2.06. The Labute approximate surface area is 111 Å². The number of rotatable bonds is 4. The molecule has 0 saturated carbocycles. The Morgan fingerprint density at radius 2 is 2.25 bits per heavy atom. The number of alkyl carbamates (subject to hydrolysis) is 1. The van der Waals surface area contributed by atoms with Crippen LogP contribution in [0.25, 0.3) is 0 Å². The van der Waals surface area contributed by atoms with Gasteiger partial charge in [0, 0.05) is 5.92 Å². The number of hydrogen-bond donors (Lipinski definition) is 1. The highest BCUT2D eigenvalue weighted by Crippen LogP contribution is 2.26. The van der Waals surface area contributed by atoms with Crippen LogP contribution >= 0.6 is 22.6 Å². The normalized spacial score (nSPS) is 29.6. The van der Waals surface area contributed by atoms with Crippen LogP contribution in [0.3, 0.4) is 0 Å². The van der Waals surface area contributed by atoms with Gasteiger partial charge in [0.1, 0.15) is 6.10 Å². The second kappa shape index (κ2) is 5.89.